The van der Waals surface area contributed by atoms with Crippen molar-refractivity contribution in [1.29, 1.82) is 0 Å². The fourth-order valence-electron chi connectivity index (χ4n) is 1.84. The molecule has 4 heteroatoms. The summed E-state index contributed by atoms with van der Waals surface area (Å²) in [5, 5.41) is 10.8. The van der Waals surface area contributed by atoms with Gasteiger partial charge in [0, 0.05) is 5.56 Å². The van der Waals surface area contributed by atoms with Gasteiger partial charge < -0.3 is 10.4 Å². The van der Waals surface area contributed by atoms with Crippen LogP contribution < -0.4 is 5.32 Å². The molecule has 1 rings (SSSR count). The van der Waals surface area contributed by atoms with Gasteiger partial charge >= 0.3 is 5.97 Å². The Labute approximate surface area is 113 Å². The van der Waals surface area contributed by atoms with E-state index in [2.05, 4.69) is 12.2 Å². The minimum absolute atomic E-state index is 0.347. The molecule has 0 atom stereocenters. The molecule has 0 saturated carbocycles. The van der Waals surface area contributed by atoms with Crippen molar-refractivity contribution in [2.24, 2.45) is 0 Å². The molecule has 1 aromatic rings. The lowest BCUT2D eigenvalue weighted by Gasteiger charge is -2.04. The molecule has 0 heterocycles. The highest BCUT2D eigenvalue weighted by Crippen LogP contribution is 2.09. The van der Waals surface area contributed by atoms with Crippen LogP contribution in [0, 0.1) is 0 Å². The quantitative estimate of drug-likeness (QED) is 0.708. The number of carboxylic acid groups (broad SMARTS) is 1. The highest BCUT2D eigenvalue weighted by atomic mass is 16.4. The molecule has 2 N–H and O–H groups in total. The average Bonchev–Trinajstić information content (AvgIpc) is 2.41. The number of hydrogen-bond acceptors (Lipinski definition) is 2. The fraction of sp³-hybridized carbons (Fsp3) is 0.467. The smallest absolute Gasteiger partial charge is 0.322 e. The van der Waals surface area contributed by atoms with Crippen molar-refractivity contribution in [3.63, 3.8) is 0 Å². The summed E-state index contributed by atoms with van der Waals surface area (Å²) >= 11 is 0. The number of unbranched alkanes of at least 4 members (excludes halogenated alkanes) is 3. The predicted octanol–water partition coefficient (Wildman–Crippen LogP) is 2.62. The van der Waals surface area contributed by atoms with E-state index >= 15 is 0 Å². The van der Waals surface area contributed by atoms with Crippen molar-refractivity contribution in [1.82, 2.24) is 5.32 Å². The van der Waals surface area contributed by atoms with Gasteiger partial charge in [0.05, 0.1) is 0 Å². The second kappa shape index (κ2) is 8.29. The van der Waals surface area contributed by atoms with Crippen molar-refractivity contribution >= 4 is 11.9 Å². The maximum absolute atomic E-state index is 11.6. The zero-order chi connectivity index (χ0) is 14.1. The summed E-state index contributed by atoms with van der Waals surface area (Å²) in [6.45, 7) is 1.84. The van der Waals surface area contributed by atoms with Crippen LogP contribution >= 0.6 is 0 Å². The van der Waals surface area contributed by atoms with Crippen LogP contribution in [0.1, 0.15) is 48.5 Å². The van der Waals surface area contributed by atoms with Gasteiger partial charge in [-0.05, 0) is 30.5 Å². The van der Waals surface area contributed by atoms with Crippen LogP contribution in [-0.4, -0.2) is 23.5 Å². The third-order valence-corrected chi connectivity index (χ3v) is 2.94. The van der Waals surface area contributed by atoms with Crippen molar-refractivity contribution in [2.75, 3.05) is 6.54 Å². The molecule has 0 fully saturated rings. The molecule has 1 aromatic carbocycles. The number of amides is 1. The Hall–Kier alpha value is -1.84. The third kappa shape index (κ3) is 6.04. The maximum atomic E-state index is 11.6. The van der Waals surface area contributed by atoms with Crippen LogP contribution in [0.3, 0.4) is 0 Å². The first-order chi connectivity index (χ1) is 9.13. The molecule has 0 bridgehead atoms. The average molecular weight is 263 g/mol. The van der Waals surface area contributed by atoms with Gasteiger partial charge in [-0.2, -0.15) is 0 Å². The van der Waals surface area contributed by atoms with E-state index < -0.39 is 5.97 Å². The molecule has 0 aliphatic carbocycles. The van der Waals surface area contributed by atoms with E-state index in [9.17, 15) is 9.59 Å². The molecule has 19 heavy (non-hydrogen) atoms. The van der Waals surface area contributed by atoms with Crippen LogP contribution in [0.5, 0.6) is 0 Å². The highest BCUT2D eigenvalue weighted by Gasteiger charge is 2.06. The van der Waals surface area contributed by atoms with Gasteiger partial charge in [0.1, 0.15) is 6.54 Å². The predicted molar refractivity (Wildman–Crippen MR) is 74.3 cm³/mol. The number of aliphatic carboxylic acids is 1. The summed E-state index contributed by atoms with van der Waals surface area (Å²) in [6, 6.07) is 7.35. The third-order valence-electron chi connectivity index (χ3n) is 2.94. The number of rotatable bonds is 8. The molecule has 4 nitrogen and oxygen atoms in total. The summed E-state index contributed by atoms with van der Waals surface area (Å²) in [6.07, 6.45) is 5.91. The van der Waals surface area contributed by atoms with Crippen LogP contribution in [0.4, 0.5) is 0 Å². The first-order valence-corrected chi connectivity index (χ1v) is 6.72. The van der Waals surface area contributed by atoms with Gasteiger partial charge in [-0.1, -0.05) is 38.3 Å². The van der Waals surface area contributed by atoms with Crippen LogP contribution in [0.15, 0.2) is 24.3 Å². The van der Waals surface area contributed by atoms with Crippen LogP contribution in [0.2, 0.25) is 0 Å². The second-order valence-corrected chi connectivity index (χ2v) is 4.58. The lowest BCUT2D eigenvalue weighted by atomic mass is 10.0. The van der Waals surface area contributed by atoms with E-state index in [1.807, 2.05) is 12.1 Å². The number of hydrogen-bond donors (Lipinski definition) is 2. The monoisotopic (exact) mass is 263 g/mol. The Morgan fingerprint density at radius 2 is 1.79 bits per heavy atom. The van der Waals surface area contributed by atoms with Crippen molar-refractivity contribution < 1.29 is 14.7 Å². The normalized spacial score (nSPS) is 10.2. The lowest BCUT2D eigenvalue weighted by molar-refractivity contribution is -0.135. The van der Waals surface area contributed by atoms with Crippen LogP contribution in [-0.2, 0) is 11.2 Å². The number of carbonyl (C=O) groups excluding carboxylic acids is 1. The van der Waals surface area contributed by atoms with E-state index in [-0.39, 0.29) is 12.5 Å². The molecule has 0 saturated heterocycles. The molecule has 1 amide bonds. The van der Waals surface area contributed by atoms with E-state index in [1.54, 1.807) is 12.1 Å². The largest absolute Gasteiger partial charge is 0.480 e. The van der Waals surface area contributed by atoms with Gasteiger partial charge in [0.2, 0.25) is 0 Å². The van der Waals surface area contributed by atoms with Gasteiger partial charge in [-0.15, -0.1) is 0 Å². The second-order valence-electron chi connectivity index (χ2n) is 4.58. The number of carboxylic acids is 1. The van der Waals surface area contributed by atoms with Gasteiger partial charge in [-0.3, -0.25) is 9.59 Å². The Kier molecular flexibility index (Phi) is 6.64. The first-order valence-electron chi connectivity index (χ1n) is 6.72. The Bertz CT molecular complexity index is 412. The SMILES string of the molecule is CCCCCCc1ccc(C(=O)NCC(=O)O)cc1. The molecular weight excluding hydrogens is 242 g/mol. The molecule has 0 radical (unpaired) electrons. The van der Waals surface area contributed by atoms with Crippen molar-refractivity contribution in [3.8, 4) is 0 Å². The molecule has 104 valence electrons. The van der Waals surface area contributed by atoms with Gasteiger partial charge in [-0.25, -0.2) is 0 Å². The molecule has 0 spiro atoms. The van der Waals surface area contributed by atoms with E-state index in [1.165, 1.54) is 31.2 Å². The highest BCUT2D eigenvalue weighted by molar-refractivity contribution is 5.95. The van der Waals surface area contributed by atoms with Crippen molar-refractivity contribution in [2.45, 2.75) is 39.0 Å². The number of aryl methyl sites for hydroxylation is 1. The topological polar surface area (TPSA) is 66.4 Å². The minimum Gasteiger partial charge on any atom is -0.480 e. The minimum atomic E-state index is -1.04. The van der Waals surface area contributed by atoms with Gasteiger partial charge in [0.15, 0.2) is 0 Å². The zero-order valence-electron chi connectivity index (χ0n) is 11.3. The first kappa shape index (κ1) is 15.2. The Morgan fingerprint density at radius 3 is 2.37 bits per heavy atom. The molecule has 0 aromatic heterocycles. The molecular formula is C15H21NO3. The summed E-state index contributed by atoms with van der Waals surface area (Å²) in [5.41, 5.74) is 1.71. The number of nitrogens with one attached hydrogen (secondary N) is 1. The Morgan fingerprint density at radius 1 is 1.11 bits per heavy atom. The maximum Gasteiger partial charge on any atom is 0.322 e. The zero-order valence-corrected chi connectivity index (χ0v) is 11.3. The van der Waals surface area contributed by atoms with E-state index in [4.69, 9.17) is 5.11 Å². The summed E-state index contributed by atoms with van der Waals surface area (Å²) in [7, 11) is 0. The Balaban J connectivity index is 2.42. The fourth-order valence-corrected chi connectivity index (χ4v) is 1.84. The molecule has 0 aliphatic heterocycles. The summed E-state index contributed by atoms with van der Waals surface area (Å²) < 4.78 is 0. The molecule has 0 unspecified atom stereocenters. The van der Waals surface area contributed by atoms with Crippen LogP contribution in [0.25, 0.3) is 0 Å². The summed E-state index contributed by atoms with van der Waals surface area (Å²) in [5.74, 6) is -1.39. The number of benzene rings is 1. The molecule has 0 aliphatic rings. The van der Waals surface area contributed by atoms with E-state index in [0.29, 0.717) is 5.56 Å². The van der Waals surface area contributed by atoms with Crippen molar-refractivity contribution in [3.05, 3.63) is 35.4 Å². The lowest BCUT2D eigenvalue weighted by Crippen LogP contribution is -2.29. The van der Waals surface area contributed by atoms with Gasteiger partial charge in [0.25, 0.3) is 5.91 Å². The standard InChI is InChI=1S/C15H21NO3/c1-2-3-4-5-6-12-7-9-13(10-8-12)15(19)16-11-14(17)18/h7-10H,2-6,11H2,1H3,(H,16,19)(H,17,18). The summed E-state index contributed by atoms with van der Waals surface area (Å²) in [4.78, 5) is 21.9. The number of carbonyl (C=O) groups is 2. The van der Waals surface area contributed by atoms with E-state index in [0.717, 1.165) is 6.42 Å².